The Labute approximate surface area is 103 Å². The van der Waals surface area contributed by atoms with Crippen molar-refractivity contribution in [2.75, 3.05) is 0 Å². The van der Waals surface area contributed by atoms with Crippen molar-refractivity contribution in [3.05, 3.63) is 35.9 Å². The monoisotopic (exact) mass is 266 g/mol. The third-order valence-electron chi connectivity index (χ3n) is 2.50. The summed E-state index contributed by atoms with van der Waals surface area (Å²) in [5, 5.41) is 15.2. The Hall–Kier alpha value is -2.12. The van der Waals surface area contributed by atoms with Crippen LogP contribution in [-0.4, -0.2) is 19.4 Å². The first-order valence-corrected chi connectivity index (χ1v) is 6.43. The smallest absolute Gasteiger partial charge is 0.249 e. The molecular weight excluding hydrogens is 256 g/mol. The van der Waals surface area contributed by atoms with E-state index in [9.17, 15) is 18.3 Å². The number of phenols is 1. The molecule has 5 N–H and O–H groups in total. The average molecular weight is 266 g/mol. The van der Waals surface area contributed by atoms with E-state index in [1.165, 1.54) is 24.3 Å². The highest BCUT2D eigenvalue weighted by atomic mass is 32.2. The standard InChI is InChI=1S/C11H10N2O4S/c12-11(15)10-5-8(18(13,16)17)4-6-3-7(14)1-2-9(6)10/h1-5,14H,(H2,12,15)(H2,13,16,17). The number of amides is 1. The van der Waals surface area contributed by atoms with Gasteiger partial charge in [0.1, 0.15) is 5.75 Å². The zero-order chi connectivity index (χ0) is 13.5. The van der Waals surface area contributed by atoms with Crippen LogP contribution in [-0.2, 0) is 10.0 Å². The van der Waals surface area contributed by atoms with E-state index in [0.29, 0.717) is 10.8 Å². The Bertz CT molecular complexity index is 753. The molecule has 0 aliphatic heterocycles. The summed E-state index contributed by atoms with van der Waals surface area (Å²) in [6.45, 7) is 0. The van der Waals surface area contributed by atoms with Crippen molar-refractivity contribution in [1.82, 2.24) is 0 Å². The molecule has 0 aliphatic rings. The fourth-order valence-electron chi connectivity index (χ4n) is 1.70. The van der Waals surface area contributed by atoms with Gasteiger partial charge in [0.15, 0.2) is 0 Å². The predicted octanol–water partition coefficient (Wildman–Crippen LogP) is 0.292. The minimum absolute atomic E-state index is 0.0384. The zero-order valence-electron chi connectivity index (χ0n) is 9.12. The molecule has 7 heteroatoms. The number of hydrogen-bond donors (Lipinski definition) is 3. The molecule has 18 heavy (non-hydrogen) atoms. The highest BCUT2D eigenvalue weighted by Gasteiger charge is 2.15. The van der Waals surface area contributed by atoms with E-state index in [4.69, 9.17) is 10.9 Å². The molecule has 94 valence electrons. The van der Waals surface area contributed by atoms with E-state index in [1.807, 2.05) is 0 Å². The van der Waals surface area contributed by atoms with Gasteiger partial charge in [-0.3, -0.25) is 4.79 Å². The van der Waals surface area contributed by atoms with Gasteiger partial charge in [0.2, 0.25) is 15.9 Å². The van der Waals surface area contributed by atoms with Crippen molar-refractivity contribution < 1.29 is 18.3 Å². The molecule has 0 heterocycles. The molecule has 2 aromatic rings. The number of primary sulfonamides is 1. The topological polar surface area (TPSA) is 123 Å². The normalized spacial score (nSPS) is 11.6. The number of phenolic OH excluding ortho intramolecular Hbond substituents is 1. The molecule has 2 rings (SSSR count). The van der Waals surface area contributed by atoms with Crippen LogP contribution in [0.25, 0.3) is 10.8 Å². The predicted molar refractivity (Wildman–Crippen MR) is 65.5 cm³/mol. The quantitative estimate of drug-likeness (QED) is 0.722. The number of rotatable bonds is 2. The maximum atomic E-state index is 11.3. The molecule has 0 aromatic heterocycles. The van der Waals surface area contributed by atoms with Gasteiger partial charge in [-0.2, -0.15) is 0 Å². The molecule has 0 spiro atoms. The molecule has 6 nitrogen and oxygen atoms in total. The summed E-state index contributed by atoms with van der Waals surface area (Å²) >= 11 is 0. The summed E-state index contributed by atoms with van der Waals surface area (Å²) in [5.41, 5.74) is 5.23. The van der Waals surface area contributed by atoms with Crippen LogP contribution in [0.5, 0.6) is 5.75 Å². The van der Waals surface area contributed by atoms with Crippen LogP contribution >= 0.6 is 0 Å². The van der Waals surface area contributed by atoms with Gasteiger partial charge in [0.05, 0.1) is 4.90 Å². The molecule has 0 saturated heterocycles. The Balaban J connectivity index is 2.92. The fraction of sp³-hybridized carbons (Fsp3) is 0. The molecule has 0 aliphatic carbocycles. The van der Waals surface area contributed by atoms with E-state index in [0.717, 1.165) is 6.07 Å². The van der Waals surface area contributed by atoms with E-state index in [1.54, 1.807) is 0 Å². The number of sulfonamides is 1. The van der Waals surface area contributed by atoms with E-state index in [2.05, 4.69) is 0 Å². The minimum atomic E-state index is -3.95. The first-order valence-electron chi connectivity index (χ1n) is 4.88. The van der Waals surface area contributed by atoms with Crippen LogP contribution in [0.3, 0.4) is 0 Å². The van der Waals surface area contributed by atoms with Gasteiger partial charge < -0.3 is 10.8 Å². The van der Waals surface area contributed by atoms with Crippen LogP contribution in [0.1, 0.15) is 10.4 Å². The van der Waals surface area contributed by atoms with Gasteiger partial charge in [0.25, 0.3) is 0 Å². The summed E-state index contributed by atoms with van der Waals surface area (Å²) in [6, 6.07) is 6.59. The van der Waals surface area contributed by atoms with Crippen LogP contribution in [0, 0.1) is 0 Å². The molecule has 0 unspecified atom stereocenters. The number of aromatic hydroxyl groups is 1. The Morgan fingerprint density at radius 3 is 2.39 bits per heavy atom. The summed E-state index contributed by atoms with van der Waals surface area (Å²) in [4.78, 5) is 11.1. The second kappa shape index (κ2) is 3.97. The third-order valence-corrected chi connectivity index (χ3v) is 3.40. The van der Waals surface area contributed by atoms with Crippen LogP contribution in [0.2, 0.25) is 0 Å². The molecule has 1 amide bonds. The van der Waals surface area contributed by atoms with Gasteiger partial charge >= 0.3 is 0 Å². The number of carbonyl (C=O) groups is 1. The fourth-order valence-corrected chi connectivity index (χ4v) is 2.27. The second-order valence-corrected chi connectivity index (χ2v) is 5.35. The molecule has 0 radical (unpaired) electrons. The summed E-state index contributed by atoms with van der Waals surface area (Å²) < 4.78 is 22.6. The lowest BCUT2D eigenvalue weighted by Gasteiger charge is -2.07. The second-order valence-electron chi connectivity index (χ2n) is 3.79. The Morgan fingerprint density at radius 2 is 1.83 bits per heavy atom. The molecular formula is C11H10N2O4S. The van der Waals surface area contributed by atoms with Crippen LogP contribution in [0.4, 0.5) is 0 Å². The number of fused-ring (bicyclic) bond motifs is 1. The number of benzene rings is 2. The van der Waals surface area contributed by atoms with Crippen LogP contribution < -0.4 is 10.9 Å². The lowest BCUT2D eigenvalue weighted by atomic mass is 10.0. The molecule has 2 aromatic carbocycles. The van der Waals surface area contributed by atoms with Gasteiger partial charge in [0, 0.05) is 5.56 Å². The Morgan fingerprint density at radius 1 is 1.17 bits per heavy atom. The van der Waals surface area contributed by atoms with Crippen molar-refractivity contribution in [3.8, 4) is 5.75 Å². The third kappa shape index (κ3) is 2.13. The van der Waals surface area contributed by atoms with Gasteiger partial charge in [-0.1, -0.05) is 0 Å². The number of hydrogen-bond acceptors (Lipinski definition) is 4. The number of carbonyl (C=O) groups excluding carboxylic acids is 1. The van der Waals surface area contributed by atoms with Crippen molar-refractivity contribution >= 4 is 26.7 Å². The number of nitrogens with two attached hydrogens (primary N) is 2. The highest BCUT2D eigenvalue weighted by Crippen LogP contribution is 2.26. The highest BCUT2D eigenvalue weighted by molar-refractivity contribution is 7.89. The van der Waals surface area contributed by atoms with E-state index < -0.39 is 15.9 Å². The van der Waals surface area contributed by atoms with Crippen molar-refractivity contribution in [1.29, 1.82) is 0 Å². The maximum Gasteiger partial charge on any atom is 0.249 e. The van der Waals surface area contributed by atoms with Crippen molar-refractivity contribution in [2.24, 2.45) is 10.9 Å². The molecule has 0 saturated carbocycles. The zero-order valence-corrected chi connectivity index (χ0v) is 9.94. The van der Waals surface area contributed by atoms with Gasteiger partial charge in [-0.25, -0.2) is 13.6 Å². The lowest BCUT2D eigenvalue weighted by molar-refractivity contribution is 0.100. The first kappa shape index (κ1) is 12.3. The number of primary amides is 1. The first-order chi connectivity index (χ1) is 8.29. The van der Waals surface area contributed by atoms with Gasteiger partial charge in [-0.05, 0) is 41.1 Å². The molecule has 0 fully saturated rings. The lowest BCUT2D eigenvalue weighted by Crippen LogP contribution is -2.16. The average Bonchev–Trinajstić information content (AvgIpc) is 2.25. The summed E-state index contributed by atoms with van der Waals surface area (Å²) in [7, 11) is -3.95. The molecule has 0 atom stereocenters. The van der Waals surface area contributed by atoms with Crippen LogP contribution in [0.15, 0.2) is 35.2 Å². The molecule has 0 bridgehead atoms. The van der Waals surface area contributed by atoms with Gasteiger partial charge in [-0.15, -0.1) is 0 Å². The minimum Gasteiger partial charge on any atom is -0.508 e. The SMILES string of the molecule is NC(=O)c1cc(S(N)(=O)=O)cc2cc(O)ccc12. The van der Waals surface area contributed by atoms with E-state index in [-0.39, 0.29) is 16.2 Å². The maximum absolute atomic E-state index is 11.3. The summed E-state index contributed by atoms with van der Waals surface area (Å²) in [5.74, 6) is -0.819. The summed E-state index contributed by atoms with van der Waals surface area (Å²) in [6.07, 6.45) is 0. The van der Waals surface area contributed by atoms with E-state index >= 15 is 0 Å². The largest absolute Gasteiger partial charge is 0.508 e. The van der Waals surface area contributed by atoms with Crippen molar-refractivity contribution in [3.63, 3.8) is 0 Å². The van der Waals surface area contributed by atoms with Crippen molar-refractivity contribution in [2.45, 2.75) is 4.90 Å². The Kier molecular flexibility index (Phi) is 2.72.